The second kappa shape index (κ2) is 3.59. The molecule has 1 unspecified atom stereocenters. The molecule has 1 rings (SSSR count). The van der Waals surface area contributed by atoms with Crippen LogP contribution in [0.15, 0.2) is 17.1 Å². The third-order valence-electron chi connectivity index (χ3n) is 1.72. The summed E-state index contributed by atoms with van der Waals surface area (Å²) in [6.07, 6.45) is 1.98. The Kier molecular flexibility index (Phi) is 3.35. The summed E-state index contributed by atoms with van der Waals surface area (Å²) in [5, 5.41) is 11.7. The monoisotopic (exact) mass is 177 g/mol. The van der Waals surface area contributed by atoms with Gasteiger partial charge in [-0.3, -0.25) is 4.90 Å². The maximum absolute atomic E-state index is 8.52. The number of nitrogens with one attached hydrogen (secondary N) is 1. The fourth-order valence-corrected chi connectivity index (χ4v) is 1.05. The van der Waals surface area contributed by atoms with Crippen LogP contribution in [0.1, 0.15) is 6.92 Å². The average Bonchev–Trinajstić information content (AvgIpc) is 2.09. The summed E-state index contributed by atoms with van der Waals surface area (Å²) in [4.78, 5) is 2.84. The quantitative estimate of drug-likeness (QED) is 0.293. The lowest BCUT2D eigenvalue weighted by atomic mass is 10.5. The molecule has 5 heteroatoms. The Morgan fingerprint density at radius 1 is 1.64 bits per heavy atom. The summed E-state index contributed by atoms with van der Waals surface area (Å²) in [5.41, 5.74) is 1.10. The number of rotatable bonds is 0. The summed E-state index contributed by atoms with van der Waals surface area (Å²) in [6, 6.07) is 0. The zero-order chi connectivity index (χ0) is 7.72. The van der Waals surface area contributed by atoms with Crippen molar-refractivity contribution >= 4 is 5.96 Å². The van der Waals surface area contributed by atoms with E-state index < -0.39 is 0 Å². The van der Waals surface area contributed by atoms with E-state index in [1.807, 2.05) is 32.1 Å². The molecule has 1 atom stereocenters. The van der Waals surface area contributed by atoms with Crippen LogP contribution in [0, 0.1) is 0 Å². The summed E-state index contributed by atoms with van der Waals surface area (Å²) >= 11 is 0. The molecular weight excluding hydrogens is 166 g/mol. The van der Waals surface area contributed by atoms with Crippen molar-refractivity contribution < 1.29 is 22.5 Å². The van der Waals surface area contributed by atoms with E-state index in [1.165, 1.54) is 0 Å². The van der Waals surface area contributed by atoms with Gasteiger partial charge in [0.05, 0.1) is 12.7 Å². The highest BCUT2D eigenvalue weighted by molar-refractivity contribution is 5.74. The van der Waals surface area contributed by atoms with Crippen molar-refractivity contribution in [2.45, 2.75) is 6.92 Å². The minimum absolute atomic E-state index is 0. The highest BCUT2D eigenvalue weighted by Gasteiger charge is 2.25. The Labute approximate surface area is 72.2 Å². The van der Waals surface area contributed by atoms with Crippen LogP contribution in [0.5, 0.6) is 0 Å². The lowest BCUT2D eigenvalue weighted by Crippen LogP contribution is -3.06. The summed E-state index contributed by atoms with van der Waals surface area (Å²) in [5.74, 6) is 0.637. The van der Waals surface area contributed by atoms with E-state index in [9.17, 15) is 0 Å². The van der Waals surface area contributed by atoms with E-state index in [0.717, 1.165) is 10.6 Å². The molecule has 0 radical (unpaired) electrons. The highest BCUT2D eigenvalue weighted by Crippen LogP contribution is 2.00. The minimum Gasteiger partial charge on any atom is -1.00 e. The van der Waals surface area contributed by atoms with Gasteiger partial charge in [-0.25, -0.2) is 4.90 Å². The predicted molar refractivity (Wildman–Crippen MR) is 37.6 cm³/mol. The fraction of sp³-hybridized carbons (Fsp3) is 0.500. The molecule has 1 aliphatic rings. The Balaban J connectivity index is 0.000001000. The standard InChI is InChI=1S/C6H11N3O.ClH/c1-5-4-8(2)6(7-10)9(5)3;/h4,10H,1-3H3;1H. The normalized spacial score (nSPS) is 26.8. The fourth-order valence-electron chi connectivity index (χ4n) is 1.05. The molecule has 2 N–H and O–H groups in total. The van der Waals surface area contributed by atoms with Crippen LogP contribution in [0.25, 0.3) is 0 Å². The third-order valence-corrected chi connectivity index (χ3v) is 1.72. The van der Waals surface area contributed by atoms with Crippen LogP contribution >= 0.6 is 0 Å². The van der Waals surface area contributed by atoms with E-state index in [0.29, 0.717) is 5.96 Å². The Hall–Kier alpha value is -0.740. The van der Waals surface area contributed by atoms with Gasteiger partial charge in [-0.05, 0) is 12.1 Å². The molecule has 0 spiro atoms. The van der Waals surface area contributed by atoms with Gasteiger partial charge in [0.2, 0.25) is 0 Å². The van der Waals surface area contributed by atoms with Crippen molar-refractivity contribution in [3.8, 4) is 0 Å². The first kappa shape index (κ1) is 10.3. The Bertz CT molecular complexity index is 202. The van der Waals surface area contributed by atoms with Gasteiger partial charge in [0.1, 0.15) is 6.20 Å². The molecule has 0 fully saturated rings. The second-order valence-electron chi connectivity index (χ2n) is 2.45. The Morgan fingerprint density at radius 2 is 2.18 bits per heavy atom. The molecule has 64 valence electrons. The summed E-state index contributed by atoms with van der Waals surface area (Å²) < 4.78 is 0. The number of hydrogen-bond acceptors (Lipinski definition) is 2. The number of allylic oxidation sites excluding steroid dienone is 1. The molecule has 11 heavy (non-hydrogen) atoms. The van der Waals surface area contributed by atoms with Crippen LogP contribution in [0.3, 0.4) is 0 Å². The maximum Gasteiger partial charge on any atom is 0.345 e. The number of hydrogen-bond donors (Lipinski definition) is 2. The zero-order valence-electron chi connectivity index (χ0n) is 6.80. The van der Waals surface area contributed by atoms with Gasteiger partial charge in [-0.2, -0.15) is 0 Å². The number of oxime groups is 1. The SMILES string of the molecule is CC1=C[NH+](C)C(=NO)N1C.[Cl-]. The van der Waals surface area contributed by atoms with Gasteiger partial charge in [-0.1, -0.05) is 0 Å². The topological polar surface area (TPSA) is 40.3 Å². The number of halogens is 1. The largest absolute Gasteiger partial charge is 1.00 e. The molecule has 0 bridgehead atoms. The third kappa shape index (κ3) is 1.64. The smallest absolute Gasteiger partial charge is 0.345 e. The first-order valence-electron chi connectivity index (χ1n) is 3.15. The first-order valence-corrected chi connectivity index (χ1v) is 3.15. The minimum atomic E-state index is 0. The van der Waals surface area contributed by atoms with Crippen molar-refractivity contribution in [1.29, 1.82) is 0 Å². The second-order valence-corrected chi connectivity index (χ2v) is 2.45. The molecule has 0 saturated carbocycles. The summed E-state index contributed by atoms with van der Waals surface area (Å²) in [7, 11) is 3.79. The van der Waals surface area contributed by atoms with Gasteiger partial charge in [-0.15, -0.1) is 0 Å². The highest BCUT2D eigenvalue weighted by atomic mass is 35.5. The summed E-state index contributed by atoms with van der Waals surface area (Å²) in [6.45, 7) is 1.97. The molecule has 0 aromatic carbocycles. The molecule has 0 aliphatic carbocycles. The van der Waals surface area contributed by atoms with E-state index in [4.69, 9.17) is 5.21 Å². The molecule has 0 aromatic rings. The van der Waals surface area contributed by atoms with Crippen LogP contribution in [0.2, 0.25) is 0 Å². The molecule has 0 aromatic heterocycles. The van der Waals surface area contributed by atoms with Crippen LogP contribution < -0.4 is 17.3 Å². The van der Waals surface area contributed by atoms with Gasteiger partial charge >= 0.3 is 5.96 Å². The van der Waals surface area contributed by atoms with E-state index in [2.05, 4.69) is 5.16 Å². The van der Waals surface area contributed by atoms with E-state index in [-0.39, 0.29) is 12.4 Å². The molecule has 4 nitrogen and oxygen atoms in total. The predicted octanol–water partition coefficient (Wildman–Crippen LogP) is -3.94. The van der Waals surface area contributed by atoms with Crippen LogP contribution in [0.4, 0.5) is 0 Å². The van der Waals surface area contributed by atoms with Crippen molar-refractivity contribution in [3.63, 3.8) is 0 Å². The Morgan fingerprint density at radius 3 is 2.36 bits per heavy atom. The van der Waals surface area contributed by atoms with E-state index in [1.54, 1.807) is 0 Å². The van der Waals surface area contributed by atoms with Crippen LogP contribution in [-0.4, -0.2) is 30.2 Å². The molecule has 1 heterocycles. The zero-order valence-corrected chi connectivity index (χ0v) is 7.55. The lowest BCUT2D eigenvalue weighted by Gasteiger charge is -2.09. The van der Waals surface area contributed by atoms with Crippen molar-refractivity contribution in [2.24, 2.45) is 5.16 Å². The number of guanidine groups is 1. The van der Waals surface area contributed by atoms with E-state index >= 15 is 0 Å². The molecule has 1 aliphatic heterocycles. The van der Waals surface area contributed by atoms with Crippen LogP contribution in [-0.2, 0) is 0 Å². The van der Waals surface area contributed by atoms with Crippen molar-refractivity contribution in [2.75, 3.05) is 14.1 Å². The number of nitrogens with zero attached hydrogens (tertiary/aromatic N) is 2. The average molecular weight is 178 g/mol. The van der Waals surface area contributed by atoms with Gasteiger partial charge in [0.25, 0.3) is 0 Å². The molecular formula is C6H12ClN3O. The molecule has 0 saturated heterocycles. The lowest BCUT2D eigenvalue weighted by molar-refractivity contribution is -0.722. The van der Waals surface area contributed by atoms with Gasteiger partial charge < -0.3 is 17.6 Å². The maximum atomic E-state index is 8.52. The van der Waals surface area contributed by atoms with Gasteiger partial charge in [0.15, 0.2) is 0 Å². The molecule has 0 amide bonds. The number of quaternary nitrogens is 1. The van der Waals surface area contributed by atoms with Crippen molar-refractivity contribution in [1.82, 2.24) is 4.90 Å². The van der Waals surface area contributed by atoms with Crippen molar-refractivity contribution in [3.05, 3.63) is 11.9 Å². The van der Waals surface area contributed by atoms with Gasteiger partial charge in [0, 0.05) is 7.05 Å². The first-order chi connectivity index (χ1) is 4.66.